The van der Waals surface area contributed by atoms with Crippen molar-refractivity contribution in [2.75, 3.05) is 11.9 Å². The number of hydrogen-bond acceptors (Lipinski definition) is 2. The summed E-state index contributed by atoms with van der Waals surface area (Å²) in [6, 6.07) is 6.06. The third-order valence-corrected chi connectivity index (χ3v) is 4.82. The minimum absolute atomic E-state index is 0.0914. The van der Waals surface area contributed by atoms with Crippen LogP contribution < -0.4 is 5.32 Å². The van der Waals surface area contributed by atoms with Crippen molar-refractivity contribution in [2.24, 2.45) is 0 Å². The Morgan fingerprint density at radius 2 is 2.26 bits per heavy atom. The van der Waals surface area contributed by atoms with E-state index in [-0.39, 0.29) is 16.9 Å². The Kier molecular flexibility index (Phi) is 3.27. The van der Waals surface area contributed by atoms with E-state index in [0.717, 1.165) is 37.1 Å². The van der Waals surface area contributed by atoms with E-state index in [1.165, 1.54) is 5.56 Å². The quantitative estimate of drug-likeness (QED) is 0.843. The summed E-state index contributed by atoms with van der Waals surface area (Å²) in [5.74, 6) is 0.0914. The summed E-state index contributed by atoms with van der Waals surface area (Å²) >= 11 is 6.61. The van der Waals surface area contributed by atoms with E-state index in [1.54, 1.807) is 0 Å². The Labute approximate surface area is 118 Å². The molecule has 1 saturated heterocycles. The highest BCUT2D eigenvalue weighted by molar-refractivity contribution is 6.21. The van der Waals surface area contributed by atoms with E-state index in [9.17, 15) is 4.79 Å². The maximum atomic E-state index is 11.3. The molecule has 1 amide bonds. The molecule has 3 nitrogen and oxygen atoms in total. The second-order valence-corrected chi connectivity index (χ2v) is 6.03. The summed E-state index contributed by atoms with van der Waals surface area (Å²) in [6.45, 7) is 2.87. The molecule has 0 aromatic heterocycles. The van der Waals surface area contributed by atoms with Gasteiger partial charge in [-0.2, -0.15) is 0 Å². The lowest BCUT2D eigenvalue weighted by atomic mass is 9.90. The largest absolute Gasteiger partial charge is 0.373 e. The molecule has 1 aromatic rings. The van der Waals surface area contributed by atoms with Crippen LogP contribution in [-0.2, 0) is 16.0 Å². The standard InChI is InChI=1S/C15H18ClNO2/c1-15(7-2-8-19-15)14(16)11-3-5-12-10(9-11)4-6-13(18)17-12/h3,5,9,14H,2,4,6-8H2,1H3,(H,17,18). The van der Waals surface area contributed by atoms with Gasteiger partial charge in [0.15, 0.2) is 0 Å². The first kappa shape index (κ1) is 12.9. The van der Waals surface area contributed by atoms with E-state index >= 15 is 0 Å². The van der Waals surface area contributed by atoms with Gasteiger partial charge in [0, 0.05) is 18.7 Å². The maximum absolute atomic E-state index is 11.3. The molecule has 4 heteroatoms. The van der Waals surface area contributed by atoms with Crippen molar-refractivity contribution in [3.05, 3.63) is 29.3 Å². The molecule has 102 valence electrons. The van der Waals surface area contributed by atoms with Crippen LogP contribution >= 0.6 is 11.6 Å². The van der Waals surface area contributed by atoms with Crippen LogP contribution in [0.1, 0.15) is 42.7 Å². The highest BCUT2D eigenvalue weighted by Gasteiger charge is 2.38. The van der Waals surface area contributed by atoms with Gasteiger partial charge in [0.25, 0.3) is 0 Å². The summed E-state index contributed by atoms with van der Waals surface area (Å²) in [5, 5.41) is 2.75. The van der Waals surface area contributed by atoms with Crippen LogP contribution in [0.3, 0.4) is 0 Å². The van der Waals surface area contributed by atoms with E-state index in [2.05, 4.69) is 18.3 Å². The molecule has 0 saturated carbocycles. The molecule has 0 aliphatic carbocycles. The Morgan fingerprint density at radius 3 is 3.00 bits per heavy atom. The third-order valence-electron chi connectivity index (χ3n) is 4.10. The number of amides is 1. The fraction of sp³-hybridized carbons (Fsp3) is 0.533. The maximum Gasteiger partial charge on any atom is 0.224 e. The first-order valence-corrected chi connectivity index (χ1v) is 7.23. The topological polar surface area (TPSA) is 38.3 Å². The number of rotatable bonds is 2. The number of halogens is 1. The number of benzene rings is 1. The first-order valence-electron chi connectivity index (χ1n) is 6.79. The van der Waals surface area contributed by atoms with Gasteiger partial charge in [0.2, 0.25) is 5.91 Å². The fourth-order valence-electron chi connectivity index (χ4n) is 2.91. The Morgan fingerprint density at radius 1 is 1.42 bits per heavy atom. The van der Waals surface area contributed by atoms with Crippen LogP contribution in [0.25, 0.3) is 0 Å². The van der Waals surface area contributed by atoms with Gasteiger partial charge in [-0.25, -0.2) is 0 Å². The zero-order chi connectivity index (χ0) is 13.5. The lowest BCUT2D eigenvalue weighted by Gasteiger charge is -2.30. The molecule has 1 N–H and O–H groups in total. The van der Waals surface area contributed by atoms with Crippen molar-refractivity contribution < 1.29 is 9.53 Å². The molecule has 2 unspecified atom stereocenters. The predicted octanol–water partition coefficient (Wildman–Crippen LogP) is 3.42. The Bertz CT molecular complexity index is 509. The number of alkyl halides is 1. The molecule has 2 aliphatic rings. The van der Waals surface area contributed by atoms with Crippen molar-refractivity contribution in [1.82, 2.24) is 0 Å². The SMILES string of the molecule is CC1(C(Cl)c2ccc3c(c2)CCC(=O)N3)CCCO1. The van der Waals surface area contributed by atoms with Gasteiger partial charge < -0.3 is 10.1 Å². The average molecular weight is 280 g/mol. The molecule has 2 atom stereocenters. The number of carbonyl (C=O) groups is 1. The summed E-state index contributed by atoms with van der Waals surface area (Å²) in [4.78, 5) is 11.3. The van der Waals surface area contributed by atoms with Crippen LogP contribution in [0.4, 0.5) is 5.69 Å². The van der Waals surface area contributed by atoms with Crippen LogP contribution in [-0.4, -0.2) is 18.1 Å². The van der Waals surface area contributed by atoms with Gasteiger partial charge in [0.1, 0.15) is 0 Å². The number of fused-ring (bicyclic) bond motifs is 1. The molecule has 19 heavy (non-hydrogen) atoms. The van der Waals surface area contributed by atoms with Crippen LogP contribution in [0.5, 0.6) is 0 Å². The monoisotopic (exact) mass is 279 g/mol. The van der Waals surface area contributed by atoms with Crippen molar-refractivity contribution in [2.45, 2.75) is 43.6 Å². The van der Waals surface area contributed by atoms with Crippen LogP contribution in [0, 0.1) is 0 Å². The number of nitrogens with one attached hydrogen (secondary N) is 1. The van der Waals surface area contributed by atoms with Gasteiger partial charge in [0.05, 0.1) is 11.0 Å². The average Bonchev–Trinajstić information content (AvgIpc) is 2.85. The van der Waals surface area contributed by atoms with E-state index in [0.29, 0.717) is 6.42 Å². The molecular formula is C15H18ClNO2. The number of hydrogen-bond donors (Lipinski definition) is 1. The smallest absolute Gasteiger partial charge is 0.224 e. The number of aryl methyl sites for hydroxylation is 1. The van der Waals surface area contributed by atoms with Crippen LogP contribution in [0.15, 0.2) is 18.2 Å². The fourth-order valence-corrected chi connectivity index (χ4v) is 3.22. The van der Waals surface area contributed by atoms with Gasteiger partial charge in [-0.05, 0) is 43.4 Å². The van der Waals surface area contributed by atoms with E-state index < -0.39 is 0 Å². The number of anilines is 1. The molecule has 1 aromatic carbocycles. The molecule has 0 radical (unpaired) electrons. The van der Waals surface area contributed by atoms with Gasteiger partial charge in [-0.3, -0.25) is 4.79 Å². The van der Waals surface area contributed by atoms with Gasteiger partial charge >= 0.3 is 0 Å². The lowest BCUT2D eigenvalue weighted by Crippen LogP contribution is -2.29. The molecule has 1 fully saturated rings. The zero-order valence-corrected chi connectivity index (χ0v) is 11.8. The first-order chi connectivity index (χ1) is 9.08. The van der Waals surface area contributed by atoms with Crippen LogP contribution in [0.2, 0.25) is 0 Å². The summed E-state index contributed by atoms with van der Waals surface area (Å²) in [6.07, 6.45) is 3.41. The Hall–Kier alpha value is -1.06. The number of carbonyl (C=O) groups excluding carboxylic acids is 1. The molecule has 0 spiro atoms. The lowest BCUT2D eigenvalue weighted by molar-refractivity contribution is -0.116. The van der Waals surface area contributed by atoms with Crippen molar-refractivity contribution in [3.63, 3.8) is 0 Å². The second-order valence-electron chi connectivity index (χ2n) is 5.59. The van der Waals surface area contributed by atoms with E-state index in [1.807, 2.05) is 12.1 Å². The number of ether oxygens (including phenoxy) is 1. The minimum Gasteiger partial charge on any atom is -0.373 e. The van der Waals surface area contributed by atoms with Crippen molar-refractivity contribution >= 4 is 23.2 Å². The molecule has 2 heterocycles. The predicted molar refractivity (Wildman–Crippen MR) is 75.6 cm³/mol. The normalized spacial score (nSPS) is 27.8. The van der Waals surface area contributed by atoms with E-state index in [4.69, 9.17) is 16.3 Å². The van der Waals surface area contributed by atoms with Crippen molar-refractivity contribution in [1.29, 1.82) is 0 Å². The molecule has 0 bridgehead atoms. The van der Waals surface area contributed by atoms with Gasteiger partial charge in [-0.15, -0.1) is 11.6 Å². The minimum atomic E-state index is -0.270. The molecular weight excluding hydrogens is 262 g/mol. The summed E-state index contributed by atoms with van der Waals surface area (Å²) in [5.41, 5.74) is 2.90. The third kappa shape index (κ3) is 2.37. The van der Waals surface area contributed by atoms with Crippen molar-refractivity contribution in [3.8, 4) is 0 Å². The second kappa shape index (κ2) is 4.80. The zero-order valence-electron chi connectivity index (χ0n) is 11.0. The Balaban J connectivity index is 1.88. The summed E-state index contributed by atoms with van der Waals surface area (Å²) < 4.78 is 5.82. The highest BCUT2D eigenvalue weighted by Crippen LogP contribution is 2.42. The molecule has 2 aliphatic heterocycles. The highest BCUT2D eigenvalue weighted by atomic mass is 35.5. The molecule has 3 rings (SSSR count). The summed E-state index contributed by atoms with van der Waals surface area (Å²) in [7, 11) is 0. The van der Waals surface area contributed by atoms with Gasteiger partial charge in [-0.1, -0.05) is 12.1 Å².